The Labute approximate surface area is 126 Å². The molecule has 114 valence electrons. The van der Waals surface area contributed by atoms with Crippen molar-refractivity contribution < 1.29 is 29.6 Å². The standard InChI is InChI=1S/C16H14O6/c17-7-8-22-12-4-1-10(2-5-12)11-3-6-13(15(18)19)14(9-11)16(20)21/h1-6,9,17H,7-8H2,(H,18,19)(H,20,21). The van der Waals surface area contributed by atoms with Gasteiger partial charge in [0.15, 0.2) is 0 Å². The van der Waals surface area contributed by atoms with E-state index in [1.165, 1.54) is 12.1 Å². The third-order valence-corrected chi connectivity index (χ3v) is 3.03. The second kappa shape index (κ2) is 6.73. The topological polar surface area (TPSA) is 104 Å². The Kier molecular flexibility index (Phi) is 4.75. The molecule has 0 atom stereocenters. The number of carboxylic acids is 2. The van der Waals surface area contributed by atoms with Crippen molar-refractivity contribution >= 4 is 11.9 Å². The molecule has 2 rings (SSSR count). The lowest BCUT2D eigenvalue weighted by molar-refractivity contribution is 0.0651. The van der Waals surface area contributed by atoms with Crippen LogP contribution in [0.5, 0.6) is 5.75 Å². The minimum atomic E-state index is -1.29. The minimum absolute atomic E-state index is 0.0830. The molecule has 0 saturated heterocycles. The Hall–Kier alpha value is -2.86. The minimum Gasteiger partial charge on any atom is -0.491 e. The lowest BCUT2D eigenvalue weighted by atomic mass is 9.99. The fourth-order valence-corrected chi connectivity index (χ4v) is 1.99. The van der Waals surface area contributed by atoms with Gasteiger partial charge in [0.25, 0.3) is 0 Å². The number of hydrogen-bond donors (Lipinski definition) is 3. The molecule has 2 aromatic carbocycles. The van der Waals surface area contributed by atoms with Gasteiger partial charge in [-0.05, 0) is 35.4 Å². The highest BCUT2D eigenvalue weighted by Gasteiger charge is 2.16. The quantitative estimate of drug-likeness (QED) is 0.755. The molecule has 0 aliphatic rings. The molecule has 0 aliphatic carbocycles. The van der Waals surface area contributed by atoms with Crippen molar-refractivity contribution in [3.63, 3.8) is 0 Å². The van der Waals surface area contributed by atoms with Crippen LogP contribution in [0.15, 0.2) is 42.5 Å². The van der Waals surface area contributed by atoms with E-state index in [4.69, 9.17) is 20.1 Å². The molecule has 0 bridgehead atoms. The van der Waals surface area contributed by atoms with Crippen LogP contribution in [-0.4, -0.2) is 40.5 Å². The average molecular weight is 302 g/mol. The first-order valence-corrected chi connectivity index (χ1v) is 6.47. The molecule has 0 aliphatic heterocycles. The molecule has 0 amide bonds. The molecule has 0 fully saturated rings. The van der Waals surface area contributed by atoms with Crippen LogP contribution in [0.25, 0.3) is 11.1 Å². The van der Waals surface area contributed by atoms with E-state index >= 15 is 0 Å². The van der Waals surface area contributed by atoms with E-state index in [0.29, 0.717) is 11.3 Å². The van der Waals surface area contributed by atoms with Gasteiger partial charge in [0.2, 0.25) is 0 Å². The summed E-state index contributed by atoms with van der Waals surface area (Å²) in [5.74, 6) is -1.99. The Morgan fingerprint density at radius 3 is 2.00 bits per heavy atom. The molecule has 0 unspecified atom stereocenters. The Morgan fingerprint density at radius 1 is 0.864 bits per heavy atom. The first-order valence-electron chi connectivity index (χ1n) is 6.47. The molecule has 6 heteroatoms. The van der Waals surface area contributed by atoms with E-state index in [2.05, 4.69) is 0 Å². The van der Waals surface area contributed by atoms with Gasteiger partial charge < -0.3 is 20.1 Å². The van der Waals surface area contributed by atoms with Crippen LogP contribution in [0.1, 0.15) is 20.7 Å². The van der Waals surface area contributed by atoms with Gasteiger partial charge in [0.05, 0.1) is 17.7 Å². The zero-order valence-electron chi connectivity index (χ0n) is 11.5. The van der Waals surface area contributed by atoms with Crippen molar-refractivity contribution in [1.29, 1.82) is 0 Å². The summed E-state index contributed by atoms with van der Waals surface area (Å²) >= 11 is 0. The average Bonchev–Trinajstić information content (AvgIpc) is 2.52. The molecular formula is C16H14O6. The number of aromatic carboxylic acids is 2. The number of aliphatic hydroxyl groups is 1. The number of rotatable bonds is 6. The number of carboxylic acid groups (broad SMARTS) is 2. The summed E-state index contributed by atoms with van der Waals surface area (Å²) in [6.45, 7) is 0.107. The summed E-state index contributed by atoms with van der Waals surface area (Å²) in [5.41, 5.74) is 0.816. The number of benzene rings is 2. The molecular weight excluding hydrogens is 288 g/mol. The molecule has 22 heavy (non-hydrogen) atoms. The van der Waals surface area contributed by atoms with Crippen molar-refractivity contribution in [1.82, 2.24) is 0 Å². The van der Waals surface area contributed by atoms with Crippen LogP contribution in [0.3, 0.4) is 0 Å². The van der Waals surface area contributed by atoms with Gasteiger partial charge in [-0.25, -0.2) is 9.59 Å². The van der Waals surface area contributed by atoms with Gasteiger partial charge in [-0.2, -0.15) is 0 Å². The maximum atomic E-state index is 11.2. The van der Waals surface area contributed by atoms with Crippen LogP contribution in [-0.2, 0) is 0 Å². The predicted octanol–water partition coefficient (Wildman–Crippen LogP) is 2.12. The smallest absolute Gasteiger partial charge is 0.336 e. The highest BCUT2D eigenvalue weighted by atomic mass is 16.5. The van der Waals surface area contributed by atoms with Crippen LogP contribution in [0, 0.1) is 0 Å². The highest BCUT2D eigenvalue weighted by Crippen LogP contribution is 2.25. The van der Waals surface area contributed by atoms with Crippen LogP contribution in [0.4, 0.5) is 0 Å². The fraction of sp³-hybridized carbons (Fsp3) is 0.125. The molecule has 0 aromatic heterocycles. The monoisotopic (exact) mass is 302 g/mol. The SMILES string of the molecule is O=C(O)c1ccc(-c2ccc(OCCO)cc2)cc1C(=O)O. The Bertz CT molecular complexity index is 690. The maximum Gasteiger partial charge on any atom is 0.336 e. The van der Waals surface area contributed by atoms with E-state index < -0.39 is 11.9 Å². The molecule has 0 heterocycles. The highest BCUT2D eigenvalue weighted by molar-refractivity contribution is 6.02. The first kappa shape index (κ1) is 15.5. The zero-order chi connectivity index (χ0) is 16.1. The lowest BCUT2D eigenvalue weighted by Gasteiger charge is -2.08. The van der Waals surface area contributed by atoms with E-state index in [0.717, 1.165) is 5.56 Å². The van der Waals surface area contributed by atoms with E-state index in [9.17, 15) is 9.59 Å². The largest absolute Gasteiger partial charge is 0.491 e. The third-order valence-electron chi connectivity index (χ3n) is 3.03. The van der Waals surface area contributed by atoms with Crippen molar-refractivity contribution in [2.45, 2.75) is 0 Å². The van der Waals surface area contributed by atoms with Crippen molar-refractivity contribution in [2.75, 3.05) is 13.2 Å². The molecule has 3 N–H and O–H groups in total. The molecule has 2 aromatic rings. The van der Waals surface area contributed by atoms with Gasteiger partial charge >= 0.3 is 11.9 Å². The van der Waals surface area contributed by atoms with Crippen molar-refractivity contribution in [3.8, 4) is 16.9 Å². The molecule has 0 saturated carbocycles. The molecule has 0 spiro atoms. The summed E-state index contributed by atoms with van der Waals surface area (Å²) in [4.78, 5) is 22.2. The van der Waals surface area contributed by atoms with E-state index in [1.807, 2.05) is 0 Å². The Morgan fingerprint density at radius 2 is 1.45 bits per heavy atom. The summed E-state index contributed by atoms with van der Waals surface area (Å²) in [6.07, 6.45) is 0. The Balaban J connectivity index is 2.34. The number of ether oxygens (including phenoxy) is 1. The predicted molar refractivity (Wildman–Crippen MR) is 78.4 cm³/mol. The number of carbonyl (C=O) groups is 2. The molecule has 6 nitrogen and oxygen atoms in total. The summed E-state index contributed by atoms with van der Waals surface area (Å²) in [6, 6.07) is 11.0. The summed E-state index contributed by atoms with van der Waals surface area (Å²) in [7, 11) is 0. The van der Waals surface area contributed by atoms with Crippen LogP contribution < -0.4 is 4.74 Å². The van der Waals surface area contributed by atoms with Gasteiger partial charge in [-0.3, -0.25) is 0 Å². The van der Waals surface area contributed by atoms with Gasteiger partial charge in [0.1, 0.15) is 12.4 Å². The van der Waals surface area contributed by atoms with Gasteiger partial charge in [-0.15, -0.1) is 0 Å². The summed E-state index contributed by atoms with van der Waals surface area (Å²) in [5, 5.41) is 26.8. The number of hydrogen-bond acceptors (Lipinski definition) is 4. The normalized spacial score (nSPS) is 10.2. The van der Waals surface area contributed by atoms with Crippen molar-refractivity contribution in [3.05, 3.63) is 53.6 Å². The van der Waals surface area contributed by atoms with Gasteiger partial charge in [-0.1, -0.05) is 18.2 Å². The van der Waals surface area contributed by atoms with Crippen LogP contribution in [0.2, 0.25) is 0 Å². The third kappa shape index (κ3) is 3.42. The van der Waals surface area contributed by atoms with Crippen molar-refractivity contribution in [2.24, 2.45) is 0 Å². The van der Waals surface area contributed by atoms with Gasteiger partial charge in [0, 0.05) is 0 Å². The summed E-state index contributed by atoms with van der Waals surface area (Å²) < 4.78 is 5.24. The fourth-order valence-electron chi connectivity index (χ4n) is 1.99. The maximum absolute atomic E-state index is 11.2. The second-order valence-corrected chi connectivity index (χ2v) is 4.47. The van der Waals surface area contributed by atoms with Crippen LogP contribution >= 0.6 is 0 Å². The van der Waals surface area contributed by atoms with E-state index in [1.54, 1.807) is 30.3 Å². The number of aliphatic hydroxyl groups excluding tert-OH is 1. The lowest BCUT2D eigenvalue weighted by Crippen LogP contribution is -2.08. The molecule has 0 radical (unpaired) electrons. The zero-order valence-corrected chi connectivity index (χ0v) is 11.5. The van der Waals surface area contributed by atoms with E-state index in [-0.39, 0.29) is 24.3 Å². The first-order chi connectivity index (χ1) is 10.5. The second-order valence-electron chi connectivity index (χ2n) is 4.47.